The van der Waals surface area contributed by atoms with Gasteiger partial charge in [0.1, 0.15) is 11.2 Å². The van der Waals surface area contributed by atoms with E-state index in [0.717, 1.165) is 10.0 Å². The van der Waals surface area contributed by atoms with E-state index in [0.29, 0.717) is 24.2 Å². The van der Waals surface area contributed by atoms with Crippen molar-refractivity contribution in [3.8, 4) is 0 Å². The molecule has 1 aliphatic rings. The standard InChI is InChI=1S/C18H16BrFN2O2/c1-11-9-14(5-6-15(11)19)22-17(24)18(7-8-18)16(23)21-13-4-2-3-12(20)10-13/h2-6,9-10H,7-8H2,1H3,(H,21,23)(H,22,24). The van der Waals surface area contributed by atoms with Gasteiger partial charge in [-0.3, -0.25) is 9.59 Å². The van der Waals surface area contributed by atoms with Crippen LogP contribution in [0.4, 0.5) is 15.8 Å². The molecule has 2 aromatic carbocycles. The van der Waals surface area contributed by atoms with Crippen LogP contribution in [-0.4, -0.2) is 11.8 Å². The molecule has 3 rings (SSSR count). The van der Waals surface area contributed by atoms with E-state index in [1.807, 2.05) is 19.1 Å². The van der Waals surface area contributed by atoms with Crippen molar-refractivity contribution < 1.29 is 14.0 Å². The lowest BCUT2D eigenvalue weighted by molar-refractivity contribution is -0.131. The first kappa shape index (κ1) is 16.6. The van der Waals surface area contributed by atoms with Crippen LogP contribution < -0.4 is 10.6 Å². The van der Waals surface area contributed by atoms with Crippen LogP contribution in [-0.2, 0) is 9.59 Å². The fourth-order valence-electron chi connectivity index (χ4n) is 2.47. The summed E-state index contributed by atoms with van der Waals surface area (Å²) >= 11 is 3.41. The Morgan fingerprint density at radius 3 is 2.21 bits per heavy atom. The molecule has 0 bridgehead atoms. The van der Waals surface area contributed by atoms with Gasteiger partial charge in [-0.15, -0.1) is 0 Å². The van der Waals surface area contributed by atoms with Gasteiger partial charge in [-0.25, -0.2) is 4.39 Å². The number of halogens is 2. The van der Waals surface area contributed by atoms with E-state index in [-0.39, 0.29) is 5.91 Å². The number of benzene rings is 2. The number of anilines is 2. The van der Waals surface area contributed by atoms with Crippen LogP contribution in [0.5, 0.6) is 0 Å². The molecule has 0 heterocycles. The fraction of sp³-hybridized carbons (Fsp3) is 0.222. The molecule has 2 N–H and O–H groups in total. The maximum Gasteiger partial charge on any atom is 0.240 e. The number of carbonyl (C=O) groups is 2. The highest BCUT2D eigenvalue weighted by atomic mass is 79.9. The topological polar surface area (TPSA) is 58.2 Å². The predicted molar refractivity (Wildman–Crippen MR) is 94.2 cm³/mol. The first-order valence-electron chi connectivity index (χ1n) is 7.55. The second kappa shape index (κ2) is 6.36. The third-order valence-corrected chi connectivity index (χ3v) is 5.01. The average molecular weight is 391 g/mol. The molecule has 24 heavy (non-hydrogen) atoms. The van der Waals surface area contributed by atoms with Gasteiger partial charge in [0.15, 0.2) is 0 Å². The molecule has 6 heteroatoms. The summed E-state index contributed by atoms with van der Waals surface area (Å²) in [7, 11) is 0. The van der Waals surface area contributed by atoms with E-state index >= 15 is 0 Å². The molecule has 0 saturated heterocycles. The Morgan fingerprint density at radius 2 is 1.67 bits per heavy atom. The van der Waals surface area contributed by atoms with E-state index in [1.54, 1.807) is 12.1 Å². The van der Waals surface area contributed by atoms with Crippen LogP contribution in [0.2, 0.25) is 0 Å². The normalized spacial score (nSPS) is 14.8. The molecule has 4 nitrogen and oxygen atoms in total. The van der Waals surface area contributed by atoms with Gasteiger partial charge in [-0.1, -0.05) is 22.0 Å². The zero-order valence-corrected chi connectivity index (χ0v) is 14.6. The van der Waals surface area contributed by atoms with Gasteiger partial charge in [0.2, 0.25) is 11.8 Å². The molecular weight excluding hydrogens is 375 g/mol. The SMILES string of the molecule is Cc1cc(NC(=O)C2(C(=O)Nc3cccc(F)c3)CC2)ccc1Br. The zero-order valence-electron chi connectivity index (χ0n) is 13.0. The first-order chi connectivity index (χ1) is 11.4. The summed E-state index contributed by atoms with van der Waals surface area (Å²) in [5.41, 5.74) is 0.902. The third-order valence-electron chi connectivity index (χ3n) is 4.12. The molecular formula is C18H16BrFN2O2. The number of aryl methyl sites for hydroxylation is 1. The molecule has 0 radical (unpaired) electrons. The molecule has 1 aliphatic carbocycles. The molecule has 0 aromatic heterocycles. The van der Waals surface area contributed by atoms with Crippen molar-refractivity contribution in [1.82, 2.24) is 0 Å². The van der Waals surface area contributed by atoms with Gasteiger partial charge < -0.3 is 10.6 Å². The largest absolute Gasteiger partial charge is 0.325 e. The number of hydrogen-bond donors (Lipinski definition) is 2. The zero-order chi connectivity index (χ0) is 17.3. The van der Waals surface area contributed by atoms with Crippen LogP contribution >= 0.6 is 15.9 Å². The highest BCUT2D eigenvalue weighted by Gasteiger charge is 2.56. The average Bonchev–Trinajstić information content (AvgIpc) is 3.33. The van der Waals surface area contributed by atoms with Crippen molar-refractivity contribution in [2.24, 2.45) is 5.41 Å². The highest BCUT2D eigenvalue weighted by molar-refractivity contribution is 9.10. The Balaban J connectivity index is 1.71. The van der Waals surface area contributed by atoms with Gasteiger partial charge in [0.25, 0.3) is 0 Å². The quantitative estimate of drug-likeness (QED) is 0.766. The second-order valence-corrected chi connectivity index (χ2v) is 6.82. The highest BCUT2D eigenvalue weighted by Crippen LogP contribution is 2.47. The van der Waals surface area contributed by atoms with Crippen molar-refractivity contribution in [2.45, 2.75) is 19.8 Å². The molecule has 124 valence electrons. The van der Waals surface area contributed by atoms with Gasteiger partial charge >= 0.3 is 0 Å². The first-order valence-corrected chi connectivity index (χ1v) is 8.35. The van der Waals surface area contributed by atoms with Crippen molar-refractivity contribution in [2.75, 3.05) is 10.6 Å². The molecule has 0 aliphatic heterocycles. The summed E-state index contributed by atoms with van der Waals surface area (Å²) < 4.78 is 14.2. The Kier molecular flexibility index (Phi) is 4.41. The summed E-state index contributed by atoms with van der Waals surface area (Å²) in [4.78, 5) is 25.0. The van der Waals surface area contributed by atoms with Gasteiger partial charge in [-0.05, 0) is 61.7 Å². The lowest BCUT2D eigenvalue weighted by Crippen LogP contribution is -2.35. The minimum absolute atomic E-state index is 0.335. The van der Waals surface area contributed by atoms with Crippen molar-refractivity contribution >= 4 is 39.1 Å². The number of hydrogen-bond acceptors (Lipinski definition) is 2. The Hall–Kier alpha value is -2.21. The number of nitrogens with one attached hydrogen (secondary N) is 2. The summed E-state index contributed by atoms with van der Waals surface area (Å²) in [6, 6.07) is 11.1. The summed E-state index contributed by atoms with van der Waals surface area (Å²) in [6.07, 6.45) is 0.963. The number of carbonyl (C=O) groups excluding carboxylic acids is 2. The fourth-order valence-corrected chi connectivity index (χ4v) is 2.72. The second-order valence-electron chi connectivity index (χ2n) is 5.96. The maximum absolute atomic E-state index is 13.2. The smallest absolute Gasteiger partial charge is 0.240 e. The summed E-state index contributed by atoms with van der Waals surface area (Å²) in [6.45, 7) is 1.92. The number of rotatable bonds is 4. The Labute approximate surface area is 147 Å². The van der Waals surface area contributed by atoms with E-state index in [2.05, 4.69) is 26.6 Å². The summed E-state index contributed by atoms with van der Waals surface area (Å²) in [5.74, 6) is -1.18. The van der Waals surface area contributed by atoms with Crippen LogP contribution in [0.3, 0.4) is 0 Å². The van der Waals surface area contributed by atoms with E-state index < -0.39 is 17.1 Å². The molecule has 1 saturated carbocycles. The third kappa shape index (κ3) is 3.33. The lowest BCUT2D eigenvalue weighted by atomic mass is 10.0. The molecule has 0 unspecified atom stereocenters. The minimum atomic E-state index is -1.08. The van der Waals surface area contributed by atoms with Crippen molar-refractivity contribution in [3.05, 3.63) is 58.3 Å². The van der Waals surface area contributed by atoms with Crippen molar-refractivity contribution in [1.29, 1.82) is 0 Å². The minimum Gasteiger partial charge on any atom is -0.325 e. The van der Waals surface area contributed by atoms with Crippen LogP contribution in [0.1, 0.15) is 18.4 Å². The molecule has 0 spiro atoms. The molecule has 2 amide bonds. The monoisotopic (exact) mass is 390 g/mol. The van der Waals surface area contributed by atoms with E-state index in [9.17, 15) is 14.0 Å². The Bertz CT molecular complexity index is 818. The van der Waals surface area contributed by atoms with E-state index in [1.165, 1.54) is 18.2 Å². The van der Waals surface area contributed by atoms with Crippen LogP contribution in [0.25, 0.3) is 0 Å². The van der Waals surface area contributed by atoms with Crippen LogP contribution in [0, 0.1) is 18.2 Å². The van der Waals surface area contributed by atoms with Gasteiger partial charge in [0, 0.05) is 15.8 Å². The number of amides is 2. The molecule has 2 aromatic rings. The predicted octanol–water partition coefficient (Wildman–Crippen LogP) is 4.25. The van der Waals surface area contributed by atoms with Gasteiger partial charge in [-0.2, -0.15) is 0 Å². The maximum atomic E-state index is 13.2. The van der Waals surface area contributed by atoms with Crippen LogP contribution in [0.15, 0.2) is 46.9 Å². The van der Waals surface area contributed by atoms with Crippen molar-refractivity contribution in [3.63, 3.8) is 0 Å². The van der Waals surface area contributed by atoms with E-state index in [4.69, 9.17) is 0 Å². The van der Waals surface area contributed by atoms with Gasteiger partial charge in [0.05, 0.1) is 0 Å². The molecule has 0 atom stereocenters. The molecule has 1 fully saturated rings. The lowest BCUT2D eigenvalue weighted by Gasteiger charge is -2.16. The Morgan fingerprint density at radius 1 is 1.04 bits per heavy atom. The summed E-state index contributed by atoms with van der Waals surface area (Å²) in [5, 5.41) is 5.42.